The van der Waals surface area contributed by atoms with Crippen molar-refractivity contribution in [3.63, 3.8) is 0 Å². The summed E-state index contributed by atoms with van der Waals surface area (Å²) in [6.07, 6.45) is 5.57. The van der Waals surface area contributed by atoms with E-state index >= 15 is 0 Å². The van der Waals surface area contributed by atoms with Crippen molar-refractivity contribution in [2.24, 2.45) is 0 Å². The maximum atomic E-state index is 9.37. The molecule has 2 heterocycles. The molecule has 1 aliphatic rings. The number of hydrogen-bond acceptors (Lipinski definition) is 5. The van der Waals surface area contributed by atoms with Crippen LogP contribution < -0.4 is 0 Å². The molecule has 1 unspecified atom stereocenters. The van der Waals surface area contributed by atoms with Gasteiger partial charge in [-0.25, -0.2) is 0 Å². The van der Waals surface area contributed by atoms with E-state index in [0.29, 0.717) is 6.42 Å². The molecule has 0 radical (unpaired) electrons. The highest BCUT2D eigenvalue weighted by atomic mass is 32.1. The van der Waals surface area contributed by atoms with Crippen LogP contribution in [0, 0.1) is 0 Å². The second kappa shape index (κ2) is 4.33. The molecule has 78 valence electrons. The van der Waals surface area contributed by atoms with E-state index in [0.717, 1.165) is 31.6 Å². The minimum absolute atomic E-state index is 0.0739. The molecule has 1 N–H and O–H groups in total. The predicted octanol–water partition coefficient (Wildman–Crippen LogP) is 1.01. The third kappa shape index (κ3) is 2.10. The normalized spacial score (nSPS) is 27.8. The third-order valence-electron chi connectivity index (χ3n) is 2.63. The van der Waals surface area contributed by atoms with E-state index in [-0.39, 0.29) is 6.61 Å². The second-order valence-corrected chi connectivity index (χ2v) is 4.28. The zero-order valence-electron chi connectivity index (χ0n) is 7.98. The van der Waals surface area contributed by atoms with Crippen molar-refractivity contribution in [2.45, 2.75) is 31.3 Å². The summed E-state index contributed by atoms with van der Waals surface area (Å²) >= 11 is 1.20. The molecular weight excluding hydrogens is 200 g/mol. The third-order valence-corrected chi connectivity index (χ3v) is 3.15. The maximum Gasteiger partial charge on any atom is 0.0968 e. The first-order chi connectivity index (χ1) is 6.85. The summed E-state index contributed by atoms with van der Waals surface area (Å²) < 4.78 is 13.8. The molecule has 0 bridgehead atoms. The average Bonchev–Trinajstić information content (AvgIpc) is 2.72. The molecule has 1 atom stereocenters. The summed E-state index contributed by atoms with van der Waals surface area (Å²) in [6.45, 7) is 0.822. The lowest BCUT2D eigenvalue weighted by atomic mass is 9.90. The van der Waals surface area contributed by atoms with Gasteiger partial charge in [0.05, 0.1) is 35.8 Å². The standard InChI is InChI=1S/C9H14N2O2S/c12-7-9(3-1-2-4-13-9)5-8-6-10-14-11-8/h6,12H,1-5,7H2. The Labute approximate surface area is 87.2 Å². The van der Waals surface area contributed by atoms with Gasteiger partial charge in [0.1, 0.15) is 0 Å². The predicted molar refractivity (Wildman–Crippen MR) is 53.2 cm³/mol. The number of ether oxygens (including phenoxy) is 1. The minimum atomic E-state index is -0.395. The minimum Gasteiger partial charge on any atom is -0.393 e. The van der Waals surface area contributed by atoms with E-state index in [9.17, 15) is 5.11 Å². The van der Waals surface area contributed by atoms with E-state index in [4.69, 9.17) is 4.74 Å². The van der Waals surface area contributed by atoms with Crippen molar-refractivity contribution in [1.82, 2.24) is 8.75 Å². The Balaban J connectivity index is 2.04. The van der Waals surface area contributed by atoms with Crippen molar-refractivity contribution >= 4 is 11.7 Å². The molecule has 0 spiro atoms. The molecular formula is C9H14N2O2S. The van der Waals surface area contributed by atoms with Crippen LogP contribution in [0.25, 0.3) is 0 Å². The Kier molecular flexibility index (Phi) is 3.10. The summed E-state index contributed by atoms with van der Waals surface area (Å²) in [6, 6.07) is 0. The van der Waals surface area contributed by atoms with Crippen molar-refractivity contribution in [3.05, 3.63) is 11.9 Å². The van der Waals surface area contributed by atoms with Crippen LogP contribution in [0.3, 0.4) is 0 Å². The number of hydrogen-bond donors (Lipinski definition) is 1. The average molecular weight is 214 g/mol. The lowest BCUT2D eigenvalue weighted by Gasteiger charge is -2.35. The van der Waals surface area contributed by atoms with Gasteiger partial charge in [0, 0.05) is 13.0 Å². The zero-order valence-corrected chi connectivity index (χ0v) is 8.79. The van der Waals surface area contributed by atoms with Crippen LogP contribution in [0.15, 0.2) is 6.20 Å². The van der Waals surface area contributed by atoms with Crippen LogP contribution in [0.1, 0.15) is 25.0 Å². The molecule has 1 fully saturated rings. The highest BCUT2D eigenvalue weighted by Gasteiger charge is 2.33. The van der Waals surface area contributed by atoms with Crippen LogP contribution in [-0.4, -0.2) is 32.7 Å². The van der Waals surface area contributed by atoms with Crippen LogP contribution in [0.4, 0.5) is 0 Å². The molecule has 1 aliphatic heterocycles. The van der Waals surface area contributed by atoms with Gasteiger partial charge in [0.15, 0.2) is 0 Å². The Hall–Kier alpha value is -0.520. The highest BCUT2D eigenvalue weighted by molar-refractivity contribution is 6.99. The molecule has 4 nitrogen and oxygen atoms in total. The summed E-state index contributed by atoms with van der Waals surface area (Å²) in [7, 11) is 0. The summed E-state index contributed by atoms with van der Waals surface area (Å²) in [4.78, 5) is 0. The highest BCUT2D eigenvalue weighted by Crippen LogP contribution is 2.27. The molecule has 0 aliphatic carbocycles. The van der Waals surface area contributed by atoms with Crippen LogP contribution in [0.2, 0.25) is 0 Å². The van der Waals surface area contributed by atoms with Crippen LogP contribution in [-0.2, 0) is 11.2 Å². The fourth-order valence-corrected chi connectivity index (χ4v) is 2.25. The fraction of sp³-hybridized carbons (Fsp3) is 0.778. The first-order valence-electron chi connectivity index (χ1n) is 4.86. The van der Waals surface area contributed by atoms with Gasteiger partial charge in [-0.05, 0) is 19.3 Å². The SMILES string of the molecule is OCC1(Cc2cnsn2)CCCCO1. The lowest BCUT2D eigenvalue weighted by Crippen LogP contribution is -2.42. The largest absolute Gasteiger partial charge is 0.393 e. The van der Waals surface area contributed by atoms with Gasteiger partial charge in [0.2, 0.25) is 0 Å². The topological polar surface area (TPSA) is 55.2 Å². The van der Waals surface area contributed by atoms with Crippen LogP contribution in [0.5, 0.6) is 0 Å². The van der Waals surface area contributed by atoms with E-state index < -0.39 is 5.60 Å². The smallest absolute Gasteiger partial charge is 0.0968 e. The lowest BCUT2D eigenvalue weighted by molar-refractivity contribution is -0.107. The number of rotatable bonds is 3. The van der Waals surface area contributed by atoms with Gasteiger partial charge < -0.3 is 9.84 Å². The number of aliphatic hydroxyl groups is 1. The van der Waals surface area contributed by atoms with Gasteiger partial charge in [-0.15, -0.1) is 0 Å². The van der Waals surface area contributed by atoms with Crippen molar-refractivity contribution in [3.8, 4) is 0 Å². The molecule has 0 aromatic carbocycles. The fourth-order valence-electron chi connectivity index (χ4n) is 1.82. The van der Waals surface area contributed by atoms with Gasteiger partial charge >= 0.3 is 0 Å². The molecule has 1 saturated heterocycles. The Morgan fingerprint density at radius 2 is 2.50 bits per heavy atom. The molecule has 5 heteroatoms. The molecule has 14 heavy (non-hydrogen) atoms. The molecule has 1 aromatic rings. The summed E-state index contributed by atoms with van der Waals surface area (Å²) in [5.74, 6) is 0. The first-order valence-corrected chi connectivity index (χ1v) is 5.59. The Morgan fingerprint density at radius 3 is 3.07 bits per heavy atom. The zero-order chi connectivity index (χ0) is 9.86. The van der Waals surface area contributed by atoms with Crippen LogP contribution >= 0.6 is 11.7 Å². The Bertz CT molecular complexity index is 270. The van der Waals surface area contributed by atoms with Gasteiger partial charge in [-0.1, -0.05) is 0 Å². The Morgan fingerprint density at radius 1 is 1.57 bits per heavy atom. The second-order valence-electron chi connectivity index (χ2n) is 3.72. The van der Waals surface area contributed by atoms with Crippen molar-refractivity contribution < 1.29 is 9.84 Å². The monoisotopic (exact) mass is 214 g/mol. The quantitative estimate of drug-likeness (QED) is 0.816. The molecule has 1 aromatic heterocycles. The molecule has 0 amide bonds. The molecule has 0 saturated carbocycles. The summed E-state index contributed by atoms with van der Waals surface area (Å²) in [5, 5.41) is 9.37. The maximum absolute atomic E-state index is 9.37. The summed E-state index contributed by atoms with van der Waals surface area (Å²) in [5.41, 5.74) is 0.527. The van der Waals surface area contributed by atoms with Gasteiger partial charge in [-0.3, -0.25) is 0 Å². The van der Waals surface area contributed by atoms with E-state index in [1.165, 1.54) is 11.7 Å². The number of nitrogens with zero attached hydrogens (tertiary/aromatic N) is 2. The van der Waals surface area contributed by atoms with Crippen molar-refractivity contribution in [1.29, 1.82) is 0 Å². The number of aromatic nitrogens is 2. The van der Waals surface area contributed by atoms with Gasteiger partial charge in [0.25, 0.3) is 0 Å². The number of aliphatic hydroxyl groups excluding tert-OH is 1. The van der Waals surface area contributed by atoms with E-state index in [1.54, 1.807) is 6.20 Å². The van der Waals surface area contributed by atoms with E-state index in [2.05, 4.69) is 8.75 Å². The van der Waals surface area contributed by atoms with Gasteiger partial charge in [-0.2, -0.15) is 8.75 Å². The molecule has 2 rings (SSSR count). The first kappa shape index (κ1) is 10.0. The van der Waals surface area contributed by atoms with E-state index in [1.807, 2.05) is 0 Å². The van der Waals surface area contributed by atoms with Crippen molar-refractivity contribution in [2.75, 3.05) is 13.2 Å².